The molecule has 1 unspecified atom stereocenters. The van der Waals surface area contributed by atoms with Crippen LogP contribution < -0.4 is 5.32 Å². The monoisotopic (exact) mass is 449 g/mol. The molecule has 2 aromatic rings. The van der Waals surface area contributed by atoms with E-state index >= 15 is 0 Å². The Morgan fingerprint density at radius 1 is 1.27 bits per heavy atom. The Kier molecular flexibility index (Phi) is 8.49. The molecule has 3 nitrogen and oxygen atoms in total. The third-order valence-corrected chi connectivity index (χ3v) is 5.01. The van der Waals surface area contributed by atoms with Crippen LogP contribution in [-0.4, -0.2) is 49.4 Å². The Bertz CT molecular complexity index is 586. The molecule has 3 rings (SSSR count). The lowest BCUT2D eigenvalue weighted by molar-refractivity contribution is 0.395. The Morgan fingerprint density at radius 2 is 2.05 bits per heavy atom. The summed E-state index contributed by atoms with van der Waals surface area (Å²) in [6.07, 6.45) is 1.27. The van der Waals surface area contributed by atoms with E-state index in [1.807, 2.05) is 11.8 Å². The molecule has 2 N–H and O–H groups in total. The van der Waals surface area contributed by atoms with E-state index in [2.05, 4.69) is 53.6 Å². The van der Waals surface area contributed by atoms with Gasteiger partial charge in [0.05, 0.1) is 5.03 Å². The van der Waals surface area contributed by atoms with E-state index in [1.54, 1.807) is 0 Å². The molecule has 0 amide bonds. The summed E-state index contributed by atoms with van der Waals surface area (Å²) in [6, 6.07) is 8.69. The van der Waals surface area contributed by atoms with Crippen molar-refractivity contribution in [2.75, 3.05) is 39.5 Å². The van der Waals surface area contributed by atoms with E-state index in [4.69, 9.17) is 0 Å². The summed E-state index contributed by atoms with van der Waals surface area (Å²) in [6.45, 7) is 3.25. The number of rotatable bonds is 5. The highest BCUT2D eigenvalue weighted by molar-refractivity contribution is 8.93. The summed E-state index contributed by atoms with van der Waals surface area (Å²) in [7, 11) is 4.24. The lowest BCUT2D eigenvalue weighted by Gasteiger charge is -2.23. The minimum atomic E-state index is 0. The first-order valence-electron chi connectivity index (χ1n) is 7.34. The zero-order chi connectivity index (χ0) is 13.9. The van der Waals surface area contributed by atoms with Crippen LogP contribution in [0.25, 0.3) is 10.9 Å². The Morgan fingerprint density at radius 3 is 2.82 bits per heavy atom. The summed E-state index contributed by atoms with van der Waals surface area (Å²) in [5.41, 5.74) is 2.82. The van der Waals surface area contributed by atoms with E-state index in [1.165, 1.54) is 33.7 Å². The smallest absolute Gasteiger partial charge is 0.0768 e. The maximum absolute atomic E-state index is 3.62. The fourth-order valence-electron chi connectivity index (χ4n) is 2.89. The van der Waals surface area contributed by atoms with Crippen molar-refractivity contribution in [3.05, 3.63) is 29.8 Å². The van der Waals surface area contributed by atoms with Crippen molar-refractivity contribution in [2.45, 2.75) is 17.4 Å². The summed E-state index contributed by atoms with van der Waals surface area (Å²) in [5, 5.41) is 6.41. The molecule has 1 aromatic heterocycles. The number of fused-ring (bicyclic) bond motifs is 3. The zero-order valence-electron chi connectivity index (χ0n) is 13.1. The number of nitrogens with one attached hydrogen (secondary N) is 2. The van der Waals surface area contributed by atoms with Crippen molar-refractivity contribution in [3.63, 3.8) is 0 Å². The molecule has 6 heteroatoms. The van der Waals surface area contributed by atoms with Gasteiger partial charge in [0, 0.05) is 42.2 Å². The highest BCUT2D eigenvalue weighted by Gasteiger charge is 2.24. The summed E-state index contributed by atoms with van der Waals surface area (Å²) >= 11 is 1.97. The fraction of sp³-hybridized carbons (Fsp3) is 0.500. The highest BCUT2D eigenvalue weighted by Crippen LogP contribution is 2.41. The van der Waals surface area contributed by atoms with Gasteiger partial charge in [-0.2, -0.15) is 0 Å². The molecule has 0 spiro atoms. The van der Waals surface area contributed by atoms with Crippen LogP contribution in [0.1, 0.15) is 17.9 Å². The van der Waals surface area contributed by atoms with Crippen LogP contribution in [0.2, 0.25) is 0 Å². The SMILES string of the molecule is Br.Br.CN(C)CCNCC1CCSc2[nH]c3ccccc3c21. The minimum absolute atomic E-state index is 0. The number of aromatic nitrogens is 1. The average molecular weight is 451 g/mol. The molecule has 0 saturated heterocycles. The second kappa shape index (κ2) is 9.33. The van der Waals surface area contributed by atoms with Gasteiger partial charge in [0.25, 0.3) is 0 Å². The van der Waals surface area contributed by atoms with Crippen LogP contribution >= 0.6 is 45.7 Å². The number of nitrogens with zero attached hydrogens (tertiary/aromatic N) is 1. The van der Waals surface area contributed by atoms with Gasteiger partial charge in [-0.3, -0.25) is 0 Å². The number of hydrogen-bond acceptors (Lipinski definition) is 3. The van der Waals surface area contributed by atoms with Crippen molar-refractivity contribution >= 4 is 56.6 Å². The standard InChI is InChI=1S/C16H23N3S.2BrH/c1-19(2)9-8-17-11-12-7-10-20-16-15(12)13-5-3-4-6-14(13)18-16;;/h3-6,12,17-18H,7-11H2,1-2H3;2*1H. The van der Waals surface area contributed by atoms with E-state index in [-0.39, 0.29) is 34.0 Å². The topological polar surface area (TPSA) is 31.1 Å². The highest BCUT2D eigenvalue weighted by atomic mass is 79.9. The minimum Gasteiger partial charge on any atom is -0.349 e. The van der Waals surface area contributed by atoms with Gasteiger partial charge in [-0.15, -0.1) is 45.7 Å². The molecular weight excluding hydrogens is 426 g/mol. The number of H-pyrrole nitrogens is 1. The van der Waals surface area contributed by atoms with Gasteiger partial charge in [0.1, 0.15) is 0 Å². The van der Waals surface area contributed by atoms with Crippen LogP contribution in [0.4, 0.5) is 0 Å². The zero-order valence-corrected chi connectivity index (χ0v) is 17.3. The van der Waals surface area contributed by atoms with Gasteiger partial charge >= 0.3 is 0 Å². The molecule has 1 atom stereocenters. The van der Waals surface area contributed by atoms with Gasteiger partial charge in [0.2, 0.25) is 0 Å². The van der Waals surface area contributed by atoms with Crippen molar-refractivity contribution in [2.24, 2.45) is 0 Å². The van der Waals surface area contributed by atoms with Crippen LogP contribution in [0.15, 0.2) is 29.3 Å². The molecule has 0 fully saturated rings. The van der Waals surface area contributed by atoms with Gasteiger partial charge in [-0.05, 0) is 32.1 Å². The van der Waals surface area contributed by atoms with E-state index in [0.717, 1.165) is 19.6 Å². The number of para-hydroxylation sites is 1. The lowest BCUT2D eigenvalue weighted by Crippen LogP contribution is -2.30. The molecule has 0 bridgehead atoms. The first-order valence-corrected chi connectivity index (χ1v) is 8.33. The number of aromatic amines is 1. The second-order valence-corrected chi connectivity index (χ2v) is 6.86. The number of halogens is 2. The van der Waals surface area contributed by atoms with Crippen LogP contribution in [0.5, 0.6) is 0 Å². The lowest BCUT2D eigenvalue weighted by atomic mass is 9.95. The Hall–Kier alpha value is -0.01000. The quantitative estimate of drug-likeness (QED) is 0.673. The summed E-state index contributed by atoms with van der Waals surface area (Å²) in [5.74, 6) is 1.87. The number of thioether (sulfide) groups is 1. The molecule has 1 aliphatic rings. The summed E-state index contributed by atoms with van der Waals surface area (Å²) in [4.78, 5) is 5.80. The summed E-state index contributed by atoms with van der Waals surface area (Å²) < 4.78 is 0. The molecule has 0 saturated carbocycles. The van der Waals surface area contributed by atoms with Crippen LogP contribution in [0, 0.1) is 0 Å². The first-order chi connectivity index (χ1) is 9.75. The third-order valence-electron chi connectivity index (χ3n) is 3.96. The molecule has 0 radical (unpaired) electrons. The van der Waals surface area contributed by atoms with Crippen LogP contribution in [0.3, 0.4) is 0 Å². The average Bonchev–Trinajstić information content (AvgIpc) is 2.82. The van der Waals surface area contributed by atoms with Gasteiger partial charge in [-0.1, -0.05) is 18.2 Å². The van der Waals surface area contributed by atoms with Gasteiger partial charge in [-0.25, -0.2) is 0 Å². The van der Waals surface area contributed by atoms with Gasteiger partial charge in [0.15, 0.2) is 0 Å². The maximum atomic E-state index is 3.62. The Balaban J connectivity index is 0.00000121. The van der Waals surface area contributed by atoms with Gasteiger partial charge < -0.3 is 15.2 Å². The largest absolute Gasteiger partial charge is 0.349 e. The van der Waals surface area contributed by atoms with E-state index in [0.29, 0.717) is 5.92 Å². The number of benzene rings is 1. The molecule has 0 aliphatic carbocycles. The number of hydrogen-bond donors (Lipinski definition) is 2. The van der Waals surface area contributed by atoms with Crippen molar-refractivity contribution in [1.29, 1.82) is 0 Å². The fourth-order valence-corrected chi connectivity index (χ4v) is 4.11. The molecule has 22 heavy (non-hydrogen) atoms. The predicted octanol–water partition coefficient (Wildman–Crippen LogP) is 4.05. The first kappa shape index (κ1) is 20.0. The van der Waals surface area contributed by atoms with E-state index < -0.39 is 0 Å². The predicted molar refractivity (Wildman–Crippen MR) is 108 cm³/mol. The Labute approximate surface area is 158 Å². The molecule has 1 aliphatic heterocycles. The molecular formula is C16H25Br2N3S. The third kappa shape index (κ3) is 4.51. The number of likely N-dealkylation sites (N-methyl/N-ethyl adjacent to an activating group) is 1. The van der Waals surface area contributed by atoms with Crippen molar-refractivity contribution < 1.29 is 0 Å². The second-order valence-electron chi connectivity index (χ2n) is 5.75. The van der Waals surface area contributed by atoms with Crippen molar-refractivity contribution in [1.82, 2.24) is 15.2 Å². The molecule has 1 aromatic carbocycles. The molecule has 2 heterocycles. The van der Waals surface area contributed by atoms with Crippen LogP contribution in [-0.2, 0) is 0 Å². The maximum Gasteiger partial charge on any atom is 0.0768 e. The normalized spacial score (nSPS) is 17.0. The van der Waals surface area contributed by atoms with E-state index in [9.17, 15) is 0 Å². The molecule has 124 valence electrons. The van der Waals surface area contributed by atoms with Crippen molar-refractivity contribution in [3.8, 4) is 0 Å².